The Morgan fingerprint density at radius 2 is 2.12 bits per heavy atom. The van der Waals surface area contributed by atoms with Gasteiger partial charge in [-0.15, -0.1) is 11.3 Å². The lowest BCUT2D eigenvalue weighted by atomic mass is 10.4. The number of imidazole rings is 1. The van der Waals surface area contributed by atoms with Gasteiger partial charge in [-0.25, -0.2) is 4.98 Å². The minimum Gasteiger partial charge on any atom is -0.298 e. The quantitative estimate of drug-likeness (QED) is 0.647. The van der Waals surface area contributed by atoms with Gasteiger partial charge in [0.15, 0.2) is 5.82 Å². The first kappa shape index (κ1) is 10.3. The summed E-state index contributed by atoms with van der Waals surface area (Å²) >= 11 is 10.9. The van der Waals surface area contributed by atoms with E-state index in [1.165, 1.54) is 11.3 Å². The van der Waals surface area contributed by atoms with Gasteiger partial charge in [0.25, 0.3) is 0 Å². The summed E-state index contributed by atoms with van der Waals surface area (Å²) < 4.78 is 3.86. The maximum Gasteiger partial charge on any atom is 0.154 e. The summed E-state index contributed by atoms with van der Waals surface area (Å²) in [5.74, 6) is 0.924. The molecule has 5 heteroatoms. The molecule has 0 bridgehead atoms. The van der Waals surface area contributed by atoms with Crippen LogP contribution in [0.2, 0.25) is 4.34 Å². The van der Waals surface area contributed by atoms with Crippen molar-refractivity contribution < 1.29 is 0 Å². The first-order valence-corrected chi connectivity index (χ1v) is 6.61. The fraction of sp³-hybridized carbons (Fsp3) is 0. The topological polar surface area (TPSA) is 17.3 Å². The smallest absolute Gasteiger partial charge is 0.154 e. The molecule has 3 aromatic heterocycles. The van der Waals surface area contributed by atoms with Crippen LogP contribution in [-0.2, 0) is 0 Å². The van der Waals surface area contributed by atoms with Crippen molar-refractivity contribution in [3.05, 3.63) is 45.5 Å². The van der Waals surface area contributed by atoms with Crippen molar-refractivity contribution >= 4 is 44.4 Å². The number of rotatable bonds is 1. The number of nitrogens with zero attached hydrogens (tertiary/aromatic N) is 2. The van der Waals surface area contributed by atoms with Crippen molar-refractivity contribution in [1.82, 2.24) is 9.38 Å². The molecule has 2 nitrogen and oxygen atoms in total. The Morgan fingerprint density at radius 1 is 1.25 bits per heavy atom. The molecule has 0 saturated carbocycles. The average Bonchev–Trinajstić information content (AvgIpc) is 2.83. The predicted octanol–water partition coefficient (Wildman–Crippen LogP) is 4.48. The molecule has 3 rings (SSSR count). The Hall–Kier alpha value is -0.840. The largest absolute Gasteiger partial charge is 0.298 e. The molecule has 0 amide bonds. The highest BCUT2D eigenvalue weighted by molar-refractivity contribution is 9.10. The Morgan fingerprint density at radius 3 is 2.88 bits per heavy atom. The summed E-state index contributed by atoms with van der Waals surface area (Å²) in [4.78, 5) is 5.49. The molecule has 3 aromatic rings. The highest BCUT2D eigenvalue weighted by Crippen LogP contribution is 2.30. The Bertz CT molecular complexity index is 659. The molecule has 0 fully saturated rings. The van der Waals surface area contributed by atoms with Crippen molar-refractivity contribution in [2.45, 2.75) is 0 Å². The van der Waals surface area contributed by atoms with Crippen LogP contribution in [0.4, 0.5) is 0 Å². The van der Waals surface area contributed by atoms with Crippen molar-refractivity contribution in [3.63, 3.8) is 0 Å². The summed E-state index contributed by atoms with van der Waals surface area (Å²) in [5.41, 5.74) is 1.07. The highest BCUT2D eigenvalue weighted by Gasteiger charge is 2.08. The normalized spacial score (nSPS) is 11.1. The molecule has 0 aliphatic heterocycles. The van der Waals surface area contributed by atoms with Gasteiger partial charge in [0.2, 0.25) is 0 Å². The third-order valence-corrected chi connectivity index (χ3v) is 3.98. The van der Waals surface area contributed by atoms with Gasteiger partial charge in [0, 0.05) is 10.7 Å². The Labute approximate surface area is 110 Å². The fourth-order valence-electron chi connectivity index (χ4n) is 1.58. The fourth-order valence-corrected chi connectivity index (χ4v) is 2.95. The van der Waals surface area contributed by atoms with E-state index in [-0.39, 0.29) is 0 Å². The molecule has 16 heavy (non-hydrogen) atoms. The second-order valence-electron chi connectivity index (χ2n) is 3.33. The van der Waals surface area contributed by atoms with Crippen LogP contribution in [0.3, 0.4) is 0 Å². The Kier molecular flexibility index (Phi) is 2.50. The number of pyridine rings is 1. The number of fused-ring (bicyclic) bond motifs is 1. The van der Waals surface area contributed by atoms with Crippen LogP contribution in [0, 0.1) is 0 Å². The van der Waals surface area contributed by atoms with Crippen molar-refractivity contribution in [1.29, 1.82) is 0 Å². The zero-order valence-corrected chi connectivity index (χ0v) is 11.2. The SMILES string of the molecule is Clc1ccc(-c2ncc3ccc(Br)cn23)s1. The molecule has 0 saturated heterocycles. The van der Waals surface area contributed by atoms with E-state index >= 15 is 0 Å². The van der Waals surface area contributed by atoms with Crippen LogP contribution in [0.5, 0.6) is 0 Å². The average molecular weight is 314 g/mol. The molecule has 0 aromatic carbocycles. The zero-order valence-electron chi connectivity index (χ0n) is 8.02. The van der Waals surface area contributed by atoms with Crippen molar-refractivity contribution in [2.75, 3.05) is 0 Å². The van der Waals surface area contributed by atoms with Gasteiger partial charge >= 0.3 is 0 Å². The van der Waals surface area contributed by atoms with Gasteiger partial charge in [-0.1, -0.05) is 11.6 Å². The lowest BCUT2D eigenvalue weighted by Crippen LogP contribution is -1.86. The summed E-state index contributed by atoms with van der Waals surface area (Å²) in [6, 6.07) is 7.90. The molecule has 0 aliphatic carbocycles. The van der Waals surface area contributed by atoms with Gasteiger partial charge in [-0.3, -0.25) is 4.40 Å². The van der Waals surface area contributed by atoms with Crippen LogP contribution in [0.25, 0.3) is 16.2 Å². The maximum absolute atomic E-state index is 5.93. The summed E-state index contributed by atoms with van der Waals surface area (Å²) in [6.45, 7) is 0. The van der Waals surface area contributed by atoms with Crippen LogP contribution < -0.4 is 0 Å². The Balaban J connectivity index is 2.27. The van der Waals surface area contributed by atoms with Crippen LogP contribution >= 0.6 is 38.9 Å². The lowest BCUT2D eigenvalue weighted by Gasteiger charge is -1.99. The standard InChI is InChI=1S/C11H6BrClN2S/c12-7-1-2-8-5-14-11(15(8)6-7)9-3-4-10(13)16-9/h1-6H. The molecule has 3 heterocycles. The van der Waals surface area contributed by atoms with E-state index in [0.717, 1.165) is 25.0 Å². The van der Waals surface area contributed by atoms with Gasteiger partial charge < -0.3 is 0 Å². The molecule has 0 N–H and O–H groups in total. The van der Waals surface area contributed by atoms with E-state index in [9.17, 15) is 0 Å². The highest BCUT2D eigenvalue weighted by atomic mass is 79.9. The maximum atomic E-state index is 5.93. The first-order chi connectivity index (χ1) is 7.74. The number of halogens is 2. The number of hydrogen-bond acceptors (Lipinski definition) is 2. The second-order valence-corrected chi connectivity index (χ2v) is 5.96. The van der Waals surface area contributed by atoms with E-state index < -0.39 is 0 Å². The molecule has 0 radical (unpaired) electrons. The lowest BCUT2D eigenvalue weighted by molar-refractivity contribution is 1.16. The van der Waals surface area contributed by atoms with Crippen molar-refractivity contribution in [2.24, 2.45) is 0 Å². The predicted molar refractivity (Wildman–Crippen MR) is 71.2 cm³/mol. The molecule has 80 valence electrons. The molecule has 0 unspecified atom stereocenters. The third-order valence-electron chi connectivity index (χ3n) is 2.28. The first-order valence-electron chi connectivity index (χ1n) is 4.62. The van der Waals surface area contributed by atoms with E-state index in [4.69, 9.17) is 11.6 Å². The second kappa shape index (κ2) is 3.87. The molecule has 0 spiro atoms. The molecular weight excluding hydrogens is 308 g/mol. The summed E-state index contributed by atoms with van der Waals surface area (Å²) in [5, 5.41) is 0. The number of thiophene rings is 1. The molecular formula is C11H6BrClN2S. The minimum atomic E-state index is 0.779. The third kappa shape index (κ3) is 1.67. The van der Waals surface area contributed by atoms with E-state index in [0.29, 0.717) is 0 Å². The number of hydrogen-bond donors (Lipinski definition) is 0. The summed E-state index contributed by atoms with van der Waals surface area (Å²) in [6.07, 6.45) is 3.86. The van der Waals surface area contributed by atoms with Gasteiger partial charge in [0.05, 0.1) is 20.9 Å². The van der Waals surface area contributed by atoms with Gasteiger partial charge in [-0.2, -0.15) is 0 Å². The monoisotopic (exact) mass is 312 g/mol. The number of aromatic nitrogens is 2. The van der Waals surface area contributed by atoms with Crippen molar-refractivity contribution in [3.8, 4) is 10.7 Å². The van der Waals surface area contributed by atoms with Crippen LogP contribution in [0.15, 0.2) is 41.1 Å². The van der Waals surface area contributed by atoms with Crippen LogP contribution in [0.1, 0.15) is 0 Å². The molecule has 0 aliphatic rings. The van der Waals surface area contributed by atoms with E-state index in [2.05, 4.69) is 20.9 Å². The van der Waals surface area contributed by atoms with Crippen LogP contribution in [-0.4, -0.2) is 9.38 Å². The summed E-state index contributed by atoms with van der Waals surface area (Å²) in [7, 11) is 0. The minimum absolute atomic E-state index is 0.779. The van der Waals surface area contributed by atoms with E-state index in [1.54, 1.807) is 0 Å². The molecule has 0 atom stereocenters. The zero-order chi connectivity index (χ0) is 11.1. The van der Waals surface area contributed by atoms with Gasteiger partial charge in [0.1, 0.15) is 0 Å². The van der Waals surface area contributed by atoms with Gasteiger partial charge in [-0.05, 0) is 40.2 Å². The van der Waals surface area contributed by atoms with E-state index in [1.807, 2.05) is 41.1 Å².